The van der Waals surface area contributed by atoms with E-state index in [-0.39, 0.29) is 0 Å². The molecular weight excluding hydrogens is 226 g/mol. The molecule has 0 amide bonds. The van der Waals surface area contributed by atoms with E-state index in [1.54, 1.807) is 18.3 Å². The van der Waals surface area contributed by atoms with Crippen molar-refractivity contribution in [3.63, 3.8) is 0 Å². The normalized spacial score (nSPS) is 9.94. The lowest BCUT2D eigenvalue weighted by atomic mass is 10.1. The predicted molar refractivity (Wildman–Crippen MR) is 71.0 cm³/mol. The smallest absolute Gasteiger partial charge is 0.106 e. The summed E-state index contributed by atoms with van der Waals surface area (Å²) in [6.07, 6.45) is 5.45. The zero-order chi connectivity index (χ0) is 12.8. The summed E-state index contributed by atoms with van der Waals surface area (Å²) < 4.78 is 0. The monoisotopic (exact) mass is 241 g/mol. The first-order valence-electron chi connectivity index (χ1n) is 5.81. The SMILES string of the molecule is N#Cc1cc(NCCCc2ncc[nH]2)ccc1N. The Bertz CT molecular complexity index is 539. The summed E-state index contributed by atoms with van der Waals surface area (Å²) in [5, 5.41) is 12.1. The van der Waals surface area contributed by atoms with Crippen LogP contribution in [0.1, 0.15) is 17.8 Å². The number of aryl methyl sites for hydroxylation is 1. The first-order chi connectivity index (χ1) is 8.79. The van der Waals surface area contributed by atoms with Crippen molar-refractivity contribution in [2.75, 3.05) is 17.6 Å². The molecule has 0 atom stereocenters. The minimum Gasteiger partial charge on any atom is -0.398 e. The molecule has 0 unspecified atom stereocenters. The van der Waals surface area contributed by atoms with Crippen LogP contribution in [0.4, 0.5) is 11.4 Å². The highest BCUT2D eigenvalue weighted by Crippen LogP contribution is 2.16. The van der Waals surface area contributed by atoms with Crippen molar-refractivity contribution < 1.29 is 0 Å². The van der Waals surface area contributed by atoms with Gasteiger partial charge in [0.1, 0.15) is 11.9 Å². The van der Waals surface area contributed by atoms with Gasteiger partial charge in [0.2, 0.25) is 0 Å². The molecule has 5 heteroatoms. The highest BCUT2D eigenvalue weighted by atomic mass is 14.9. The molecule has 0 saturated carbocycles. The summed E-state index contributed by atoms with van der Waals surface area (Å²) in [7, 11) is 0. The minimum atomic E-state index is 0.506. The van der Waals surface area contributed by atoms with E-state index in [4.69, 9.17) is 11.0 Å². The van der Waals surface area contributed by atoms with Crippen LogP contribution in [0.5, 0.6) is 0 Å². The van der Waals surface area contributed by atoms with E-state index in [0.29, 0.717) is 11.3 Å². The van der Waals surface area contributed by atoms with Gasteiger partial charge in [-0.3, -0.25) is 0 Å². The molecule has 1 aromatic heterocycles. The molecule has 1 heterocycles. The fraction of sp³-hybridized carbons (Fsp3) is 0.231. The molecule has 2 rings (SSSR count). The lowest BCUT2D eigenvalue weighted by Gasteiger charge is -2.07. The van der Waals surface area contributed by atoms with Crippen LogP contribution in [0, 0.1) is 11.3 Å². The second kappa shape index (κ2) is 5.73. The Morgan fingerprint density at radius 3 is 3.06 bits per heavy atom. The van der Waals surface area contributed by atoms with Crippen molar-refractivity contribution in [3.8, 4) is 6.07 Å². The van der Waals surface area contributed by atoms with Crippen molar-refractivity contribution >= 4 is 11.4 Å². The van der Waals surface area contributed by atoms with Gasteiger partial charge < -0.3 is 16.0 Å². The molecular formula is C13H15N5. The summed E-state index contributed by atoms with van der Waals surface area (Å²) in [4.78, 5) is 7.22. The van der Waals surface area contributed by atoms with Gasteiger partial charge >= 0.3 is 0 Å². The van der Waals surface area contributed by atoms with Crippen LogP contribution in [0.25, 0.3) is 0 Å². The van der Waals surface area contributed by atoms with Crippen molar-refractivity contribution in [1.29, 1.82) is 5.26 Å². The molecule has 0 aliphatic rings. The number of nitrogens with two attached hydrogens (primary N) is 1. The summed E-state index contributed by atoms with van der Waals surface area (Å²) >= 11 is 0. The van der Waals surface area contributed by atoms with E-state index in [9.17, 15) is 0 Å². The lowest BCUT2D eigenvalue weighted by Crippen LogP contribution is -2.04. The first kappa shape index (κ1) is 12.0. The zero-order valence-corrected chi connectivity index (χ0v) is 9.98. The van der Waals surface area contributed by atoms with Gasteiger partial charge in [0, 0.05) is 36.7 Å². The number of hydrogen-bond donors (Lipinski definition) is 3. The second-order valence-electron chi connectivity index (χ2n) is 3.98. The number of anilines is 2. The maximum atomic E-state index is 8.87. The predicted octanol–water partition coefficient (Wildman–Crippen LogP) is 1.91. The van der Waals surface area contributed by atoms with E-state index in [1.165, 1.54) is 0 Å². The molecule has 0 bridgehead atoms. The van der Waals surface area contributed by atoms with Crippen molar-refractivity contribution in [2.45, 2.75) is 12.8 Å². The number of nitrogens with zero attached hydrogens (tertiary/aromatic N) is 2. The number of hydrogen-bond acceptors (Lipinski definition) is 4. The zero-order valence-electron chi connectivity index (χ0n) is 9.98. The van der Waals surface area contributed by atoms with Crippen LogP contribution in [0.15, 0.2) is 30.6 Å². The molecule has 92 valence electrons. The largest absolute Gasteiger partial charge is 0.398 e. The molecule has 0 saturated heterocycles. The Morgan fingerprint density at radius 2 is 2.33 bits per heavy atom. The lowest BCUT2D eigenvalue weighted by molar-refractivity contribution is 0.816. The topological polar surface area (TPSA) is 90.5 Å². The van der Waals surface area contributed by atoms with E-state index < -0.39 is 0 Å². The van der Waals surface area contributed by atoms with Crippen LogP contribution in [-0.2, 0) is 6.42 Å². The molecule has 1 aromatic carbocycles. The number of nitriles is 1. The number of aromatic amines is 1. The third kappa shape index (κ3) is 3.01. The molecule has 0 radical (unpaired) electrons. The third-order valence-electron chi connectivity index (χ3n) is 2.65. The van der Waals surface area contributed by atoms with E-state index in [2.05, 4.69) is 21.4 Å². The second-order valence-corrected chi connectivity index (χ2v) is 3.98. The Hall–Kier alpha value is -2.48. The minimum absolute atomic E-state index is 0.506. The molecule has 0 fully saturated rings. The van der Waals surface area contributed by atoms with Crippen LogP contribution >= 0.6 is 0 Å². The van der Waals surface area contributed by atoms with Crippen molar-refractivity contribution in [2.24, 2.45) is 0 Å². The molecule has 0 aliphatic heterocycles. The number of nitrogens with one attached hydrogen (secondary N) is 2. The number of H-pyrrole nitrogens is 1. The fourth-order valence-electron chi connectivity index (χ4n) is 1.69. The Balaban J connectivity index is 1.82. The van der Waals surface area contributed by atoms with Gasteiger partial charge in [0.05, 0.1) is 5.56 Å². The number of imidazole rings is 1. The quantitative estimate of drug-likeness (QED) is 0.551. The van der Waals surface area contributed by atoms with E-state index in [1.807, 2.05) is 12.3 Å². The number of benzene rings is 1. The molecule has 4 N–H and O–H groups in total. The first-order valence-corrected chi connectivity index (χ1v) is 5.81. The number of aromatic nitrogens is 2. The average Bonchev–Trinajstić information content (AvgIpc) is 2.89. The highest BCUT2D eigenvalue weighted by molar-refractivity contribution is 5.61. The van der Waals surface area contributed by atoms with Gasteiger partial charge in [-0.2, -0.15) is 5.26 Å². The Morgan fingerprint density at radius 1 is 1.44 bits per heavy atom. The number of nitrogen functional groups attached to an aromatic ring is 1. The van der Waals surface area contributed by atoms with Gasteiger partial charge in [-0.1, -0.05) is 0 Å². The average molecular weight is 241 g/mol. The summed E-state index contributed by atoms with van der Waals surface area (Å²) in [5.74, 6) is 0.992. The third-order valence-corrected chi connectivity index (χ3v) is 2.65. The Labute approximate surface area is 106 Å². The fourth-order valence-corrected chi connectivity index (χ4v) is 1.69. The van der Waals surface area contributed by atoms with E-state index in [0.717, 1.165) is 30.9 Å². The molecule has 18 heavy (non-hydrogen) atoms. The molecule has 2 aromatic rings. The van der Waals surface area contributed by atoms with Crippen LogP contribution < -0.4 is 11.1 Å². The Kier molecular flexibility index (Phi) is 3.82. The van der Waals surface area contributed by atoms with Gasteiger partial charge in [-0.25, -0.2) is 4.98 Å². The summed E-state index contributed by atoms with van der Waals surface area (Å²) in [6, 6.07) is 7.46. The van der Waals surface area contributed by atoms with E-state index >= 15 is 0 Å². The van der Waals surface area contributed by atoms with Crippen LogP contribution in [0.2, 0.25) is 0 Å². The van der Waals surface area contributed by atoms with Gasteiger partial charge in [-0.05, 0) is 24.6 Å². The van der Waals surface area contributed by atoms with Gasteiger partial charge in [0.15, 0.2) is 0 Å². The summed E-state index contributed by atoms with van der Waals surface area (Å²) in [6.45, 7) is 0.829. The molecule has 5 nitrogen and oxygen atoms in total. The maximum Gasteiger partial charge on any atom is 0.106 e. The maximum absolute atomic E-state index is 8.87. The van der Waals surface area contributed by atoms with Crippen molar-refractivity contribution in [3.05, 3.63) is 42.0 Å². The standard InChI is InChI=1S/C13H15N5/c14-9-10-8-11(3-4-12(10)15)16-5-1-2-13-17-6-7-18-13/h3-4,6-8,16H,1-2,5,15H2,(H,17,18). The number of rotatable bonds is 5. The summed E-state index contributed by atoms with van der Waals surface area (Å²) in [5.41, 5.74) is 7.59. The van der Waals surface area contributed by atoms with Gasteiger partial charge in [0.25, 0.3) is 0 Å². The van der Waals surface area contributed by atoms with Gasteiger partial charge in [-0.15, -0.1) is 0 Å². The van der Waals surface area contributed by atoms with Crippen LogP contribution in [0.3, 0.4) is 0 Å². The van der Waals surface area contributed by atoms with Crippen molar-refractivity contribution in [1.82, 2.24) is 9.97 Å². The van der Waals surface area contributed by atoms with Crippen LogP contribution in [-0.4, -0.2) is 16.5 Å². The molecule has 0 spiro atoms. The highest BCUT2D eigenvalue weighted by Gasteiger charge is 2.00. The molecule has 0 aliphatic carbocycles.